The molecule has 0 heterocycles. The van der Waals surface area contributed by atoms with Gasteiger partial charge in [-0.1, -0.05) is 26.7 Å². The van der Waals surface area contributed by atoms with Crippen molar-refractivity contribution in [2.45, 2.75) is 46.0 Å². The summed E-state index contributed by atoms with van der Waals surface area (Å²) in [7, 11) is 0. The van der Waals surface area contributed by atoms with Crippen LogP contribution in [-0.4, -0.2) is 61.1 Å². The van der Waals surface area contributed by atoms with Crippen LogP contribution in [0.3, 0.4) is 0 Å². The minimum atomic E-state index is 0.175. The maximum atomic E-state index is 9.20. The Labute approximate surface area is 124 Å². The molecular formula is C16H34N2O2. The van der Waals surface area contributed by atoms with Crippen LogP contribution in [0.25, 0.3) is 0 Å². The molecule has 120 valence electrons. The van der Waals surface area contributed by atoms with Crippen LogP contribution in [0, 0.1) is 11.3 Å². The van der Waals surface area contributed by atoms with Gasteiger partial charge in [-0.15, -0.1) is 0 Å². The normalized spacial score (nSPS) is 27.1. The molecule has 0 amide bonds. The highest BCUT2D eigenvalue weighted by Crippen LogP contribution is 2.39. The van der Waals surface area contributed by atoms with Crippen LogP contribution >= 0.6 is 0 Å². The molecule has 3 N–H and O–H groups in total. The summed E-state index contributed by atoms with van der Waals surface area (Å²) in [5.74, 6) is 0.789. The van der Waals surface area contributed by atoms with Gasteiger partial charge in [0.2, 0.25) is 0 Å². The molecule has 0 spiro atoms. The van der Waals surface area contributed by atoms with Crippen molar-refractivity contribution in [3.63, 3.8) is 0 Å². The Morgan fingerprint density at radius 1 is 1.25 bits per heavy atom. The van der Waals surface area contributed by atoms with E-state index in [-0.39, 0.29) is 13.2 Å². The zero-order chi connectivity index (χ0) is 14.8. The lowest BCUT2D eigenvalue weighted by molar-refractivity contribution is 0.0611. The summed E-state index contributed by atoms with van der Waals surface area (Å²) in [4.78, 5) is 2.23. The highest BCUT2D eigenvalue weighted by molar-refractivity contribution is 4.90. The van der Waals surface area contributed by atoms with Crippen molar-refractivity contribution in [3.8, 4) is 0 Å². The van der Waals surface area contributed by atoms with Gasteiger partial charge in [-0.05, 0) is 37.1 Å². The third-order valence-corrected chi connectivity index (χ3v) is 4.50. The van der Waals surface area contributed by atoms with Gasteiger partial charge in [-0.2, -0.15) is 0 Å². The van der Waals surface area contributed by atoms with Crippen molar-refractivity contribution >= 4 is 0 Å². The van der Waals surface area contributed by atoms with Gasteiger partial charge in [0, 0.05) is 26.2 Å². The molecule has 0 aromatic carbocycles. The number of aliphatic hydroxyl groups is 2. The maximum Gasteiger partial charge on any atom is 0.0558 e. The molecule has 4 heteroatoms. The fraction of sp³-hybridized carbons (Fsp3) is 1.00. The molecule has 2 atom stereocenters. The third kappa shape index (κ3) is 6.08. The molecule has 1 aliphatic rings. The van der Waals surface area contributed by atoms with Crippen LogP contribution in [0.1, 0.15) is 46.0 Å². The zero-order valence-corrected chi connectivity index (χ0v) is 13.4. The average molecular weight is 286 g/mol. The van der Waals surface area contributed by atoms with Crippen LogP contribution in [-0.2, 0) is 0 Å². The van der Waals surface area contributed by atoms with Crippen molar-refractivity contribution in [2.75, 3.05) is 45.9 Å². The second-order valence-electron chi connectivity index (χ2n) is 6.60. The molecule has 1 fully saturated rings. The van der Waals surface area contributed by atoms with Crippen LogP contribution < -0.4 is 5.32 Å². The van der Waals surface area contributed by atoms with E-state index in [1.54, 1.807) is 0 Å². The predicted octanol–water partition coefficient (Wildman–Crippen LogP) is 1.47. The van der Waals surface area contributed by atoms with Gasteiger partial charge in [-0.25, -0.2) is 0 Å². The number of aliphatic hydroxyl groups excluding tert-OH is 2. The van der Waals surface area contributed by atoms with E-state index >= 15 is 0 Å². The second-order valence-corrected chi connectivity index (χ2v) is 6.60. The quantitative estimate of drug-likeness (QED) is 0.532. The fourth-order valence-corrected chi connectivity index (χ4v) is 3.69. The van der Waals surface area contributed by atoms with Gasteiger partial charge in [0.1, 0.15) is 0 Å². The lowest BCUT2D eigenvalue weighted by atomic mass is 9.69. The number of rotatable bonds is 10. The topological polar surface area (TPSA) is 55.7 Å². The first-order valence-corrected chi connectivity index (χ1v) is 8.30. The van der Waals surface area contributed by atoms with Gasteiger partial charge < -0.3 is 15.5 Å². The van der Waals surface area contributed by atoms with Crippen LogP contribution in [0.15, 0.2) is 0 Å². The van der Waals surface area contributed by atoms with Gasteiger partial charge in [0.05, 0.1) is 13.2 Å². The maximum absolute atomic E-state index is 9.20. The Morgan fingerprint density at radius 3 is 2.50 bits per heavy atom. The first kappa shape index (κ1) is 17.9. The highest BCUT2D eigenvalue weighted by Gasteiger charge is 2.35. The van der Waals surface area contributed by atoms with Crippen molar-refractivity contribution in [3.05, 3.63) is 0 Å². The van der Waals surface area contributed by atoms with E-state index in [0.29, 0.717) is 18.5 Å². The highest BCUT2D eigenvalue weighted by atomic mass is 16.3. The number of nitrogens with one attached hydrogen (secondary N) is 1. The molecule has 0 bridgehead atoms. The minimum Gasteiger partial charge on any atom is -0.395 e. The number of nitrogens with zero attached hydrogens (tertiary/aromatic N) is 1. The molecule has 20 heavy (non-hydrogen) atoms. The Morgan fingerprint density at radius 2 is 1.95 bits per heavy atom. The Hall–Kier alpha value is -0.160. The standard InChI is InChI=1S/C16H34N2O2/c1-3-7-17-13-16(6-4-5-15(2)12-16)14-18(8-10-19)9-11-20/h15,17,19-20H,3-14H2,1-2H3. The first-order chi connectivity index (χ1) is 9.65. The van der Waals surface area contributed by atoms with E-state index in [4.69, 9.17) is 0 Å². The first-order valence-electron chi connectivity index (χ1n) is 8.30. The van der Waals surface area contributed by atoms with Gasteiger partial charge in [0.15, 0.2) is 0 Å². The average Bonchev–Trinajstić information content (AvgIpc) is 2.39. The monoisotopic (exact) mass is 286 g/mol. The molecule has 0 aromatic rings. The van der Waals surface area contributed by atoms with Gasteiger partial charge >= 0.3 is 0 Å². The molecule has 0 aromatic heterocycles. The molecule has 0 saturated heterocycles. The van der Waals surface area contributed by atoms with Crippen molar-refractivity contribution in [1.29, 1.82) is 0 Å². The van der Waals surface area contributed by atoms with E-state index in [9.17, 15) is 10.2 Å². The Balaban J connectivity index is 2.64. The van der Waals surface area contributed by atoms with Crippen molar-refractivity contribution in [2.24, 2.45) is 11.3 Å². The Kier molecular flexibility index (Phi) is 8.69. The fourth-order valence-electron chi connectivity index (χ4n) is 3.69. The lowest BCUT2D eigenvalue weighted by Crippen LogP contribution is -2.48. The van der Waals surface area contributed by atoms with E-state index in [1.165, 1.54) is 32.1 Å². The molecule has 1 aliphatic carbocycles. The Bertz CT molecular complexity index is 245. The van der Waals surface area contributed by atoms with Crippen molar-refractivity contribution in [1.82, 2.24) is 10.2 Å². The third-order valence-electron chi connectivity index (χ3n) is 4.50. The molecule has 1 rings (SSSR count). The van der Waals surface area contributed by atoms with Crippen LogP contribution in [0.5, 0.6) is 0 Å². The SMILES string of the molecule is CCCNCC1(CN(CCO)CCO)CCCC(C)C1. The van der Waals surface area contributed by atoms with E-state index in [2.05, 4.69) is 24.1 Å². The van der Waals surface area contributed by atoms with Crippen LogP contribution in [0.2, 0.25) is 0 Å². The summed E-state index contributed by atoms with van der Waals surface area (Å²) in [6, 6.07) is 0. The summed E-state index contributed by atoms with van der Waals surface area (Å²) in [5, 5.41) is 22.0. The summed E-state index contributed by atoms with van der Waals surface area (Å²) in [5.41, 5.74) is 0.317. The largest absolute Gasteiger partial charge is 0.395 e. The van der Waals surface area contributed by atoms with E-state index < -0.39 is 0 Å². The molecule has 4 nitrogen and oxygen atoms in total. The van der Waals surface area contributed by atoms with Crippen LogP contribution in [0.4, 0.5) is 0 Å². The summed E-state index contributed by atoms with van der Waals surface area (Å²) >= 11 is 0. The smallest absolute Gasteiger partial charge is 0.0558 e. The number of hydrogen-bond donors (Lipinski definition) is 3. The van der Waals surface area contributed by atoms with E-state index in [1.807, 2.05) is 0 Å². The molecule has 0 radical (unpaired) electrons. The zero-order valence-electron chi connectivity index (χ0n) is 13.4. The predicted molar refractivity (Wildman–Crippen MR) is 83.8 cm³/mol. The lowest BCUT2D eigenvalue weighted by Gasteiger charge is -2.43. The molecule has 0 aliphatic heterocycles. The molecule has 1 saturated carbocycles. The molecular weight excluding hydrogens is 252 g/mol. The van der Waals surface area contributed by atoms with Gasteiger partial charge in [-0.3, -0.25) is 4.90 Å². The van der Waals surface area contributed by atoms with E-state index in [0.717, 1.165) is 25.6 Å². The number of hydrogen-bond acceptors (Lipinski definition) is 4. The second kappa shape index (κ2) is 9.72. The molecule has 2 unspecified atom stereocenters. The summed E-state index contributed by atoms with van der Waals surface area (Å²) in [6.07, 6.45) is 6.34. The minimum absolute atomic E-state index is 0.175. The summed E-state index contributed by atoms with van der Waals surface area (Å²) < 4.78 is 0. The van der Waals surface area contributed by atoms with Crippen molar-refractivity contribution < 1.29 is 10.2 Å². The summed E-state index contributed by atoms with van der Waals surface area (Å²) in [6.45, 7) is 9.39. The van der Waals surface area contributed by atoms with Gasteiger partial charge in [0.25, 0.3) is 0 Å².